The van der Waals surface area contributed by atoms with Crippen LogP contribution in [0.2, 0.25) is 0 Å². The summed E-state index contributed by atoms with van der Waals surface area (Å²) in [6.07, 6.45) is 3.18. The Bertz CT molecular complexity index is 1880. The summed E-state index contributed by atoms with van der Waals surface area (Å²) in [6.45, 7) is 9.06. The average Bonchev–Trinajstić information content (AvgIpc) is 3.42. The summed E-state index contributed by atoms with van der Waals surface area (Å²) in [5.41, 5.74) is 21.1. The van der Waals surface area contributed by atoms with Crippen molar-refractivity contribution in [3.8, 4) is 28.3 Å². The first kappa shape index (κ1) is 29.1. The fourth-order valence-electron chi connectivity index (χ4n) is 6.58. The highest BCUT2D eigenvalue weighted by Crippen LogP contribution is 2.39. The molecule has 2 aromatic carbocycles. The molecule has 230 valence electrons. The van der Waals surface area contributed by atoms with Gasteiger partial charge in [0.25, 0.3) is 0 Å². The van der Waals surface area contributed by atoms with Gasteiger partial charge in [-0.3, -0.25) is 14.3 Å². The van der Waals surface area contributed by atoms with E-state index in [2.05, 4.69) is 67.9 Å². The van der Waals surface area contributed by atoms with Crippen LogP contribution in [0.15, 0.2) is 72.8 Å². The number of anilines is 2. The Morgan fingerprint density at radius 2 is 1.64 bits per heavy atom. The Hall–Kier alpha value is -4.60. The van der Waals surface area contributed by atoms with Gasteiger partial charge < -0.3 is 16.4 Å². The number of nitrogens with zero attached hydrogens (tertiary/aromatic N) is 6. The molecule has 1 unspecified atom stereocenters. The zero-order valence-electron chi connectivity index (χ0n) is 26.2. The van der Waals surface area contributed by atoms with Crippen LogP contribution in [0.4, 0.5) is 11.5 Å². The van der Waals surface area contributed by atoms with Crippen molar-refractivity contribution in [3.63, 3.8) is 0 Å². The maximum atomic E-state index is 11.9. The number of benzene rings is 2. The molecule has 2 aliphatic rings. The van der Waals surface area contributed by atoms with Crippen LogP contribution in [0.5, 0.6) is 0 Å². The minimum absolute atomic E-state index is 0.0407. The third kappa shape index (κ3) is 5.36. The van der Waals surface area contributed by atoms with E-state index in [1.165, 1.54) is 0 Å². The molecule has 0 spiro atoms. The molecule has 2 fully saturated rings. The van der Waals surface area contributed by atoms with E-state index < -0.39 is 0 Å². The molecular weight excluding hydrogens is 560 g/mol. The smallest absolute Gasteiger partial charge is 0.165 e. The van der Waals surface area contributed by atoms with Crippen molar-refractivity contribution in [2.75, 3.05) is 36.8 Å². The van der Waals surface area contributed by atoms with Crippen molar-refractivity contribution < 1.29 is 4.79 Å². The van der Waals surface area contributed by atoms with Crippen LogP contribution < -0.4 is 16.4 Å². The van der Waals surface area contributed by atoms with Gasteiger partial charge >= 0.3 is 0 Å². The zero-order chi connectivity index (χ0) is 31.3. The lowest BCUT2D eigenvalue weighted by molar-refractivity contribution is -0.121. The van der Waals surface area contributed by atoms with Crippen molar-refractivity contribution in [1.29, 1.82) is 0 Å². The first-order valence-electron chi connectivity index (χ1n) is 15.8. The topological polar surface area (TPSA) is 119 Å². The standard InChI is InChI=1S/C36H40N8O/c1-23-8-13-30(33(37)39-23)34-41-32-15-14-31(40-35(32)44(34)28-11-9-27(10-12-28)36(38)16-5-17-36)26-6-4-7-29(22-26)43-20-18-42(19-21-43)24(2)25(3)45/h4,6-15,22,24H,5,16-21,38H2,1-3H3,(H2,37,39). The molecule has 1 aliphatic heterocycles. The third-order valence-corrected chi connectivity index (χ3v) is 9.71. The Balaban J connectivity index is 1.27. The zero-order valence-corrected chi connectivity index (χ0v) is 26.2. The number of piperazine rings is 1. The summed E-state index contributed by atoms with van der Waals surface area (Å²) in [5, 5.41) is 0. The number of nitrogens with two attached hydrogens (primary N) is 2. The highest BCUT2D eigenvalue weighted by Gasteiger charge is 2.34. The second kappa shape index (κ2) is 11.4. The second-order valence-electron chi connectivity index (χ2n) is 12.6. The molecule has 1 saturated carbocycles. The summed E-state index contributed by atoms with van der Waals surface area (Å²) < 4.78 is 2.08. The number of aromatic nitrogens is 4. The number of nitrogen functional groups attached to an aromatic ring is 1. The molecule has 4 N–H and O–H groups in total. The minimum Gasteiger partial charge on any atom is -0.383 e. The van der Waals surface area contributed by atoms with Crippen LogP contribution in [-0.4, -0.2) is 62.4 Å². The average molecular weight is 601 g/mol. The van der Waals surface area contributed by atoms with Gasteiger partial charge in [-0.05, 0) is 94.1 Å². The van der Waals surface area contributed by atoms with Gasteiger partial charge in [0.1, 0.15) is 17.1 Å². The van der Waals surface area contributed by atoms with Crippen LogP contribution >= 0.6 is 0 Å². The summed E-state index contributed by atoms with van der Waals surface area (Å²) in [4.78, 5) is 31.3. The largest absolute Gasteiger partial charge is 0.383 e. The van der Waals surface area contributed by atoms with E-state index in [4.69, 9.17) is 21.4 Å². The normalized spacial score (nSPS) is 17.3. The van der Waals surface area contributed by atoms with Gasteiger partial charge in [0.05, 0.1) is 17.3 Å². The van der Waals surface area contributed by atoms with Gasteiger partial charge in [0, 0.05) is 54.4 Å². The molecule has 9 nitrogen and oxygen atoms in total. The van der Waals surface area contributed by atoms with Gasteiger partial charge in [-0.25, -0.2) is 15.0 Å². The maximum Gasteiger partial charge on any atom is 0.165 e. The summed E-state index contributed by atoms with van der Waals surface area (Å²) in [7, 11) is 0. The van der Waals surface area contributed by atoms with Gasteiger partial charge in [0.15, 0.2) is 11.5 Å². The van der Waals surface area contributed by atoms with E-state index in [1.54, 1.807) is 6.92 Å². The molecule has 9 heteroatoms. The molecule has 1 aliphatic carbocycles. The van der Waals surface area contributed by atoms with Crippen molar-refractivity contribution in [2.24, 2.45) is 5.73 Å². The summed E-state index contributed by atoms with van der Waals surface area (Å²) in [5.74, 6) is 1.35. The molecule has 7 rings (SSSR count). The monoisotopic (exact) mass is 600 g/mol. The van der Waals surface area contributed by atoms with Crippen molar-refractivity contribution in [3.05, 3.63) is 84.1 Å². The number of hydrogen-bond donors (Lipinski definition) is 2. The highest BCUT2D eigenvalue weighted by molar-refractivity contribution is 5.85. The van der Waals surface area contributed by atoms with E-state index in [-0.39, 0.29) is 17.4 Å². The van der Waals surface area contributed by atoms with E-state index >= 15 is 0 Å². The van der Waals surface area contributed by atoms with E-state index in [9.17, 15) is 4.79 Å². The predicted molar refractivity (Wildman–Crippen MR) is 180 cm³/mol. The number of carbonyl (C=O) groups is 1. The number of rotatable bonds is 7. The summed E-state index contributed by atoms with van der Waals surface area (Å²) >= 11 is 0. The SMILES string of the molecule is CC(=O)C(C)N1CCN(c2cccc(-c3ccc4nc(-c5ccc(C)nc5N)n(-c5ccc(C6(N)CCC6)cc5)c4n3)c2)CC1. The molecule has 0 radical (unpaired) electrons. The Morgan fingerprint density at radius 3 is 2.31 bits per heavy atom. The number of aryl methyl sites for hydroxylation is 1. The van der Waals surface area contributed by atoms with Gasteiger partial charge in [-0.1, -0.05) is 24.3 Å². The molecular formula is C36H40N8O. The molecule has 4 heterocycles. The van der Waals surface area contributed by atoms with Crippen LogP contribution in [0.3, 0.4) is 0 Å². The molecule has 1 saturated heterocycles. The van der Waals surface area contributed by atoms with Gasteiger partial charge in [-0.15, -0.1) is 0 Å². The molecule has 1 atom stereocenters. The van der Waals surface area contributed by atoms with Crippen LogP contribution in [-0.2, 0) is 10.3 Å². The molecule has 45 heavy (non-hydrogen) atoms. The summed E-state index contributed by atoms with van der Waals surface area (Å²) in [6, 6.07) is 25.0. The molecule has 5 aromatic rings. The Kier molecular flexibility index (Phi) is 7.38. The number of imidazole rings is 1. The van der Waals surface area contributed by atoms with E-state index in [0.717, 1.165) is 96.1 Å². The molecule has 3 aromatic heterocycles. The Labute approximate surface area is 263 Å². The number of ketones is 1. The highest BCUT2D eigenvalue weighted by atomic mass is 16.1. The number of fused-ring (bicyclic) bond motifs is 1. The van der Waals surface area contributed by atoms with Crippen LogP contribution in [0.25, 0.3) is 39.5 Å². The van der Waals surface area contributed by atoms with Crippen molar-refractivity contribution in [2.45, 2.75) is 51.6 Å². The lowest BCUT2D eigenvalue weighted by Gasteiger charge is -2.38. The van der Waals surface area contributed by atoms with Crippen molar-refractivity contribution in [1.82, 2.24) is 24.4 Å². The van der Waals surface area contributed by atoms with Gasteiger partial charge in [-0.2, -0.15) is 0 Å². The van der Waals surface area contributed by atoms with Gasteiger partial charge in [0.2, 0.25) is 0 Å². The quantitative estimate of drug-likeness (QED) is 0.252. The first-order chi connectivity index (χ1) is 21.7. The minimum atomic E-state index is -0.238. The second-order valence-corrected chi connectivity index (χ2v) is 12.6. The molecule has 0 bridgehead atoms. The van der Waals surface area contributed by atoms with Crippen molar-refractivity contribution >= 4 is 28.5 Å². The van der Waals surface area contributed by atoms with E-state index in [0.29, 0.717) is 11.6 Å². The fraction of sp³-hybridized carbons (Fsp3) is 0.333. The number of pyridine rings is 2. The van der Waals surface area contributed by atoms with E-state index in [1.807, 2.05) is 38.1 Å². The third-order valence-electron chi connectivity index (χ3n) is 9.71. The number of carbonyl (C=O) groups excluding carboxylic acids is 1. The number of Topliss-reactive ketones (excluding diaryl/α,β-unsaturated/α-hetero) is 1. The number of hydrogen-bond acceptors (Lipinski definition) is 8. The fourth-order valence-corrected chi connectivity index (χ4v) is 6.58. The maximum absolute atomic E-state index is 11.9. The van der Waals surface area contributed by atoms with Crippen LogP contribution in [0.1, 0.15) is 44.4 Å². The van der Waals surface area contributed by atoms with Crippen LogP contribution in [0, 0.1) is 6.92 Å². The lowest BCUT2D eigenvalue weighted by atomic mass is 9.73. The Morgan fingerprint density at radius 1 is 0.889 bits per heavy atom. The first-order valence-corrected chi connectivity index (χ1v) is 15.8. The predicted octanol–water partition coefficient (Wildman–Crippen LogP) is 5.48. The lowest BCUT2D eigenvalue weighted by Crippen LogP contribution is -2.51. The molecule has 0 amide bonds.